The molecule has 3 aromatic rings. The Kier molecular flexibility index (Phi) is 4.30. The maximum Gasteiger partial charge on any atom is 0.202 e. The fraction of sp³-hybridized carbons (Fsp3) is 0.350. The van der Waals surface area contributed by atoms with Crippen LogP contribution in [-0.2, 0) is 6.61 Å². The minimum Gasteiger partial charge on any atom is -0.508 e. The van der Waals surface area contributed by atoms with E-state index in [1.54, 1.807) is 12.1 Å². The lowest BCUT2D eigenvalue weighted by molar-refractivity contribution is 0.281. The number of rotatable bonds is 4. The predicted octanol–water partition coefficient (Wildman–Crippen LogP) is 3.00. The number of aromatic hydroxyl groups is 1. The third-order valence-electron chi connectivity index (χ3n) is 5.11. The van der Waals surface area contributed by atoms with Gasteiger partial charge in [0.05, 0.1) is 29.2 Å². The minimum atomic E-state index is -0.219. The minimum absolute atomic E-state index is 0.0161. The lowest BCUT2D eigenvalue weighted by atomic mass is 10.1. The normalized spacial score (nSPS) is 16.4. The molecule has 2 heterocycles. The zero-order valence-corrected chi connectivity index (χ0v) is 14.7. The Balaban J connectivity index is 1.91. The standard InChI is InChI=1S/C20H22N2O4/c1-12(22-8-2-3-9-22)21-16-6-4-13(11-23)20-18(16)19(25)15-10-14(24)5-7-17(15)26-20/h4-7,10,12,21,23-24H,2-3,8-9,11H2,1H3. The van der Waals surface area contributed by atoms with Gasteiger partial charge in [0, 0.05) is 18.7 Å². The molecule has 4 rings (SSSR count). The van der Waals surface area contributed by atoms with Gasteiger partial charge < -0.3 is 19.9 Å². The molecule has 1 saturated heterocycles. The highest BCUT2D eigenvalue weighted by Gasteiger charge is 2.21. The highest BCUT2D eigenvalue weighted by molar-refractivity contribution is 5.98. The van der Waals surface area contributed by atoms with E-state index in [1.165, 1.54) is 25.0 Å². The SMILES string of the molecule is CC(Nc1ccc(CO)c2oc3ccc(O)cc3c(=O)c12)N1CCCC1. The van der Waals surface area contributed by atoms with E-state index in [-0.39, 0.29) is 24.0 Å². The van der Waals surface area contributed by atoms with Gasteiger partial charge in [-0.2, -0.15) is 0 Å². The summed E-state index contributed by atoms with van der Waals surface area (Å²) < 4.78 is 5.93. The third-order valence-corrected chi connectivity index (χ3v) is 5.11. The van der Waals surface area contributed by atoms with Crippen molar-refractivity contribution in [3.63, 3.8) is 0 Å². The number of hydrogen-bond acceptors (Lipinski definition) is 6. The molecule has 1 aromatic heterocycles. The van der Waals surface area contributed by atoms with Crippen molar-refractivity contribution in [2.24, 2.45) is 0 Å². The van der Waals surface area contributed by atoms with E-state index < -0.39 is 0 Å². The Hall–Kier alpha value is -2.57. The third kappa shape index (κ3) is 2.81. The van der Waals surface area contributed by atoms with Gasteiger partial charge in [-0.05, 0) is 44.0 Å². The molecule has 0 radical (unpaired) electrons. The van der Waals surface area contributed by atoms with Crippen molar-refractivity contribution < 1.29 is 14.6 Å². The maximum atomic E-state index is 13.1. The Morgan fingerprint density at radius 1 is 1.23 bits per heavy atom. The second kappa shape index (κ2) is 6.63. The summed E-state index contributed by atoms with van der Waals surface area (Å²) in [7, 11) is 0. The Bertz CT molecular complexity index is 1020. The lowest BCUT2D eigenvalue weighted by Gasteiger charge is -2.26. The molecule has 0 aliphatic carbocycles. The highest BCUT2D eigenvalue weighted by Crippen LogP contribution is 2.30. The summed E-state index contributed by atoms with van der Waals surface area (Å²) in [6.45, 7) is 3.93. The second-order valence-corrected chi connectivity index (χ2v) is 6.81. The highest BCUT2D eigenvalue weighted by atomic mass is 16.3. The van der Waals surface area contributed by atoms with Crippen LogP contribution in [0.25, 0.3) is 21.9 Å². The molecule has 26 heavy (non-hydrogen) atoms. The number of phenols is 1. The first-order valence-electron chi connectivity index (χ1n) is 8.91. The summed E-state index contributed by atoms with van der Waals surface area (Å²) in [5, 5.41) is 23.5. The lowest BCUT2D eigenvalue weighted by Crippen LogP contribution is -2.36. The summed E-state index contributed by atoms with van der Waals surface area (Å²) in [6.07, 6.45) is 2.45. The van der Waals surface area contributed by atoms with Crippen LogP contribution in [0.2, 0.25) is 0 Å². The molecule has 1 unspecified atom stereocenters. The van der Waals surface area contributed by atoms with E-state index in [4.69, 9.17) is 4.42 Å². The van der Waals surface area contributed by atoms with Gasteiger partial charge in [-0.1, -0.05) is 6.07 Å². The van der Waals surface area contributed by atoms with E-state index in [0.717, 1.165) is 13.1 Å². The number of aliphatic hydroxyl groups excluding tert-OH is 1. The van der Waals surface area contributed by atoms with Crippen LogP contribution in [0.15, 0.2) is 39.5 Å². The number of fused-ring (bicyclic) bond motifs is 2. The van der Waals surface area contributed by atoms with E-state index in [0.29, 0.717) is 33.2 Å². The summed E-state index contributed by atoms with van der Waals surface area (Å²) in [4.78, 5) is 15.5. The Morgan fingerprint density at radius 3 is 2.73 bits per heavy atom. The van der Waals surface area contributed by atoms with Crippen molar-refractivity contribution >= 4 is 27.6 Å². The maximum absolute atomic E-state index is 13.1. The van der Waals surface area contributed by atoms with Crippen LogP contribution in [0, 0.1) is 0 Å². The van der Waals surface area contributed by atoms with Crippen LogP contribution in [0.4, 0.5) is 5.69 Å². The van der Waals surface area contributed by atoms with E-state index in [1.807, 2.05) is 6.07 Å². The van der Waals surface area contributed by atoms with Gasteiger partial charge in [0.2, 0.25) is 5.43 Å². The van der Waals surface area contributed by atoms with E-state index >= 15 is 0 Å². The smallest absolute Gasteiger partial charge is 0.202 e. The average Bonchev–Trinajstić information content (AvgIpc) is 3.17. The fourth-order valence-corrected chi connectivity index (χ4v) is 3.69. The van der Waals surface area contributed by atoms with Gasteiger partial charge in [-0.15, -0.1) is 0 Å². The zero-order chi connectivity index (χ0) is 18.3. The first-order valence-corrected chi connectivity index (χ1v) is 8.91. The first kappa shape index (κ1) is 16.9. The molecular formula is C20H22N2O4. The van der Waals surface area contributed by atoms with Crippen molar-refractivity contribution in [1.82, 2.24) is 4.90 Å². The molecule has 6 heteroatoms. The number of nitrogens with one attached hydrogen (secondary N) is 1. The molecule has 0 saturated carbocycles. The molecule has 6 nitrogen and oxygen atoms in total. The number of phenolic OH excluding ortho intramolecular Hbond substituents is 1. The number of hydrogen-bond donors (Lipinski definition) is 3. The van der Waals surface area contributed by atoms with Crippen molar-refractivity contribution in [2.75, 3.05) is 18.4 Å². The number of benzene rings is 2. The predicted molar refractivity (Wildman–Crippen MR) is 101 cm³/mol. The zero-order valence-electron chi connectivity index (χ0n) is 14.7. The van der Waals surface area contributed by atoms with Crippen molar-refractivity contribution in [1.29, 1.82) is 0 Å². The quantitative estimate of drug-likeness (QED) is 0.625. The molecule has 0 spiro atoms. The molecule has 0 amide bonds. The molecule has 2 aromatic carbocycles. The topological polar surface area (TPSA) is 85.9 Å². The first-order chi connectivity index (χ1) is 12.6. The van der Waals surface area contributed by atoms with Gasteiger partial charge in [0.1, 0.15) is 16.9 Å². The van der Waals surface area contributed by atoms with Crippen LogP contribution in [-0.4, -0.2) is 34.4 Å². The summed E-state index contributed by atoms with van der Waals surface area (Å²) >= 11 is 0. The van der Waals surface area contributed by atoms with E-state index in [2.05, 4.69) is 17.1 Å². The molecule has 1 fully saturated rings. The van der Waals surface area contributed by atoms with Crippen molar-refractivity contribution in [3.8, 4) is 5.75 Å². The summed E-state index contributed by atoms with van der Waals surface area (Å²) in [5.41, 5.74) is 1.79. The molecule has 1 aliphatic rings. The van der Waals surface area contributed by atoms with Crippen LogP contribution < -0.4 is 10.7 Å². The van der Waals surface area contributed by atoms with Crippen molar-refractivity contribution in [3.05, 3.63) is 46.1 Å². The molecule has 3 N–H and O–H groups in total. The van der Waals surface area contributed by atoms with Crippen LogP contribution in [0.1, 0.15) is 25.3 Å². The fourth-order valence-electron chi connectivity index (χ4n) is 3.69. The monoisotopic (exact) mass is 354 g/mol. The Morgan fingerprint density at radius 2 is 2.00 bits per heavy atom. The van der Waals surface area contributed by atoms with Crippen LogP contribution in [0.3, 0.4) is 0 Å². The van der Waals surface area contributed by atoms with Gasteiger partial charge in [-0.3, -0.25) is 9.69 Å². The molecule has 0 bridgehead atoms. The molecule has 1 atom stereocenters. The van der Waals surface area contributed by atoms with Gasteiger partial charge in [0.25, 0.3) is 0 Å². The van der Waals surface area contributed by atoms with Crippen LogP contribution in [0.5, 0.6) is 5.75 Å². The van der Waals surface area contributed by atoms with E-state index in [9.17, 15) is 15.0 Å². The van der Waals surface area contributed by atoms with Gasteiger partial charge in [0.15, 0.2) is 0 Å². The Labute approximate surface area is 150 Å². The largest absolute Gasteiger partial charge is 0.508 e. The second-order valence-electron chi connectivity index (χ2n) is 6.81. The number of likely N-dealkylation sites (tertiary alicyclic amines) is 1. The van der Waals surface area contributed by atoms with Crippen LogP contribution >= 0.6 is 0 Å². The number of aliphatic hydroxyl groups is 1. The molecule has 136 valence electrons. The molecule has 1 aliphatic heterocycles. The van der Waals surface area contributed by atoms with Gasteiger partial charge >= 0.3 is 0 Å². The van der Waals surface area contributed by atoms with Gasteiger partial charge in [-0.25, -0.2) is 0 Å². The summed E-state index contributed by atoms with van der Waals surface area (Å²) in [5.74, 6) is 0.0161. The number of anilines is 1. The summed E-state index contributed by atoms with van der Waals surface area (Å²) in [6, 6.07) is 8.05. The number of nitrogens with zero attached hydrogens (tertiary/aromatic N) is 1. The molecular weight excluding hydrogens is 332 g/mol. The van der Waals surface area contributed by atoms with Crippen molar-refractivity contribution in [2.45, 2.75) is 32.5 Å². The average molecular weight is 354 g/mol.